The fraction of sp³-hybridized carbons (Fsp3) is 0.841. The Balaban J connectivity index is 1.79. The monoisotopic (exact) mass is 825 g/mol. The molecule has 3 aliphatic rings. The number of cyclic esters (lactones) is 1. The molecular formula is C44H76N2O12. The Kier molecular flexibility index (Phi) is 18.0. The van der Waals surface area contributed by atoms with Crippen molar-refractivity contribution < 1.29 is 58.0 Å². The highest BCUT2D eigenvalue weighted by Crippen LogP contribution is 2.41. The van der Waals surface area contributed by atoms with E-state index >= 15 is 0 Å². The lowest BCUT2D eigenvalue weighted by molar-refractivity contribution is -0.319. The summed E-state index contributed by atoms with van der Waals surface area (Å²) in [5, 5.41) is 34.6. The second-order valence-corrected chi connectivity index (χ2v) is 18.3. The standard InChI is InChI=1S/C44H76N2O12/c1-26-20-44(8,52-13)40(58-42-37(48)34(45(9)10)19-28(3)54-42)29(4)38(57-35-21-43(7,51-12)39(49)31(6)55-35)30(5)41(50)56-33(23-46(11)22-27(2)36(26)47)25-53-24-32-17-15-14-16-18-32/h14-18,26-31,33-40,42,47-49H,19-25H2,1-13H3/t26-,27+,28-,29+,30-,31+,33-,34+,35+,36+,37-,38+,39+,40-,42+,43-,44?/m1/s1. The first kappa shape index (κ1) is 48.9. The summed E-state index contributed by atoms with van der Waals surface area (Å²) < 4.78 is 51.2. The average molecular weight is 825 g/mol. The molecule has 0 saturated carbocycles. The molecule has 58 heavy (non-hydrogen) atoms. The van der Waals surface area contributed by atoms with Gasteiger partial charge in [0.25, 0.3) is 0 Å². The van der Waals surface area contributed by atoms with Gasteiger partial charge in [-0.1, -0.05) is 51.1 Å². The van der Waals surface area contributed by atoms with Crippen LogP contribution < -0.4 is 0 Å². The van der Waals surface area contributed by atoms with Crippen molar-refractivity contribution >= 4 is 5.97 Å². The number of hydrogen-bond donors (Lipinski definition) is 3. The second-order valence-electron chi connectivity index (χ2n) is 18.3. The van der Waals surface area contributed by atoms with Crippen LogP contribution >= 0.6 is 0 Å². The first-order chi connectivity index (χ1) is 27.2. The molecule has 1 aromatic carbocycles. The van der Waals surface area contributed by atoms with Crippen LogP contribution in [0.4, 0.5) is 0 Å². The van der Waals surface area contributed by atoms with E-state index in [9.17, 15) is 20.1 Å². The Morgan fingerprint density at radius 3 is 2.14 bits per heavy atom. The van der Waals surface area contributed by atoms with Crippen LogP contribution in [0.15, 0.2) is 30.3 Å². The second kappa shape index (κ2) is 21.3. The number of likely N-dealkylation sites (N-methyl/N-ethyl adjacent to an activating group) is 2. The molecule has 4 rings (SSSR count). The number of benzene rings is 1. The van der Waals surface area contributed by atoms with Gasteiger partial charge in [-0.15, -0.1) is 0 Å². The van der Waals surface area contributed by atoms with Gasteiger partial charge in [0.05, 0.1) is 60.9 Å². The van der Waals surface area contributed by atoms with Gasteiger partial charge in [-0.05, 0) is 86.0 Å². The number of aliphatic hydroxyl groups excluding tert-OH is 3. The average Bonchev–Trinajstić information content (AvgIpc) is 3.17. The zero-order valence-electron chi connectivity index (χ0n) is 37.4. The molecule has 14 heteroatoms. The largest absolute Gasteiger partial charge is 0.458 e. The summed E-state index contributed by atoms with van der Waals surface area (Å²) >= 11 is 0. The number of ether oxygens (including phenoxy) is 8. The van der Waals surface area contributed by atoms with Gasteiger partial charge in [0.15, 0.2) is 12.6 Å². The predicted molar refractivity (Wildman–Crippen MR) is 219 cm³/mol. The minimum absolute atomic E-state index is 0.148. The molecule has 3 aliphatic heterocycles. The zero-order valence-corrected chi connectivity index (χ0v) is 37.4. The number of methoxy groups -OCH3 is 2. The molecular weight excluding hydrogens is 748 g/mol. The third kappa shape index (κ3) is 12.2. The lowest BCUT2D eigenvalue weighted by Gasteiger charge is -2.49. The van der Waals surface area contributed by atoms with E-state index in [-0.39, 0.29) is 37.0 Å². The summed E-state index contributed by atoms with van der Waals surface area (Å²) in [7, 11) is 8.95. The van der Waals surface area contributed by atoms with Crippen LogP contribution in [-0.4, -0.2) is 165 Å². The van der Waals surface area contributed by atoms with Crippen LogP contribution in [0.3, 0.4) is 0 Å². The van der Waals surface area contributed by atoms with E-state index in [2.05, 4.69) is 4.90 Å². The maximum atomic E-state index is 14.5. The van der Waals surface area contributed by atoms with E-state index < -0.39 is 84.3 Å². The van der Waals surface area contributed by atoms with Gasteiger partial charge in [-0.2, -0.15) is 0 Å². The van der Waals surface area contributed by atoms with E-state index in [1.165, 1.54) is 0 Å². The van der Waals surface area contributed by atoms with Crippen LogP contribution in [0.25, 0.3) is 0 Å². The van der Waals surface area contributed by atoms with E-state index in [1.54, 1.807) is 28.1 Å². The molecule has 3 heterocycles. The SMILES string of the molecule is COC1(C)C[C@@H](C)[C@H](O)[C@@H](C)CN(C)C[C@H](COCc2ccccc2)OC(=O)[C@H](C)[C@@H](O[C@H]2C[C@@](C)(OC)[C@@H](O)[C@H](C)O2)[C@H](C)[C@H]1O[C@@H]1O[C@H](C)C[C@H](N(C)C)[C@H]1O. The van der Waals surface area contributed by atoms with Crippen LogP contribution in [0.5, 0.6) is 0 Å². The summed E-state index contributed by atoms with van der Waals surface area (Å²) in [6, 6.07) is 9.58. The predicted octanol–water partition coefficient (Wildman–Crippen LogP) is 3.86. The smallest absolute Gasteiger partial charge is 0.311 e. The fourth-order valence-corrected chi connectivity index (χ4v) is 9.33. The van der Waals surface area contributed by atoms with Crippen molar-refractivity contribution in [2.24, 2.45) is 23.7 Å². The third-order valence-corrected chi connectivity index (χ3v) is 13.0. The Labute approximate surface area is 347 Å². The molecule has 1 unspecified atom stereocenters. The molecule has 0 radical (unpaired) electrons. The minimum Gasteiger partial charge on any atom is -0.458 e. The molecule has 334 valence electrons. The lowest BCUT2D eigenvalue weighted by atomic mass is 9.75. The number of carbonyl (C=O) groups is 1. The maximum absolute atomic E-state index is 14.5. The summed E-state index contributed by atoms with van der Waals surface area (Å²) in [5.74, 6) is -2.41. The van der Waals surface area contributed by atoms with Crippen molar-refractivity contribution in [2.75, 3.05) is 55.1 Å². The van der Waals surface area contributed by atoms with Gasteiger partial charge >= 0.3 is 5.97 Å². The quantitative estimate of drug-likeness (QED) is 0.277. The number of nitrogens with zero attached hydrogens (tertiary/aromatic N) is 2. The summed E-state index contributed by atoms with van der Waals surface area (Å²) in [4.78, 5) is 18.6. The van der Waals surface area contributed by atoms with Gasteiger partial charge in [0.1, 0.15) is 18.3 Å². The van der Waals surface area contributed by atoms with Crippen LogP contribution in [0, 0.1) is 23.7 Å². The number of carbonyl (C=O) groups excluding carboxylic acids is 1. The van der Waals surface area contributed by atoms with Crippen molar-refractivity contribution in [1.29, 1.82) is 0 Å². The Morgan fingerprint density at radius 2 is 1.52 bits per heavy atom. The zero-order chi connectivity index (χ0) is 43.1. The summed E-state index contributed by atoms with van der Waals surface area (Å²) in [6.07, 6.45) is -6.66. The number of aliphatic hydroxyl groups is 3. The fourth-order valence-electron chi connectivity index (χ4n) is 9.33. The van der Waals surface area contributed by atoms with Crippen molar-refractivity contribution in [1.82, 2.24) is 9.80 Å². The van der Waals surface area contributed by atoms with Crippen molar-refractivity contribution in [3.63, 3.8) is 0 Å². The number of hydrogen-bond acceptors (Lipinski definition) is 14. The lowest BCUT2D eigenvalue weighted by Crippen LogP contribution is -2.61. The molecule has 0 spiro atoms. The van der Waals surface area contributed by atoms with Gasteiger partial charge in [0.2, 0.25) is 0 Å². The molecule has 17 atom stereocenters. The molecule has 3 N–H and O–H groups in total. The maximum Gasteiger partial charge on any atom is 0.311 e. The topological polar surface area (TPSA) is 158 Å². The Bertz CT molecular complexity index is 1390. The van der Waals surface area contributed by atoms with Crippen molar-refractivity contribution in [2.45, 2.75) is 160 Å². The van der Waals surface area contributed by atoms with Gasteiger partial charge in [-0.25, -0.2) is 0 Å². The normalized spacial score (nSPS) is 43.1. The highest BCUT2D eigenvalue weighted by molar-refractivity contribution is 5.73. The van der Waals surface area contributed by atoms with E-state index in [0.29, 0.717) is 32.5 Å². The van der Waals surface area contributed by atoms with Crippen molar-refractivity contribution in [3.8, 4) is 0 Å². The molecule has 0 amide bonds. The van der Waals surface area contributed by atoms with E-state index in [4.69, 9.17) is 37.9 Å². The Morgan fingerprint density at radius 1 is 0.862 bits per heavy atom. The van der Waals surface area contributed by atoms with Crippen molar-refractivity contribution in [3.05, 3.63) is 35.9 Å². The molecule has 14 nitrogen and oxygen atoms in total. The van der Waals surface area contributed by atoms with Crippen LogP contribution in [0.1, 0.15) is 80.2 Å². The molecule has 3 fully saturated rings. The first-order valence-electron chi connectivity index (χ1n) is 21.2. The third-order valence-electron chi connectivity index (χ3n) is 13.0. The molecule has 3 saturated heterocycles. The number of rotatable bonds is 11. The molecule has 0 bridgehead atoms. The van der Waals surface area contributed by atoms with E-state index in [0.717, 1.165) is 5.56 Å². The summed E-state index contributed by atoms with van der Waals surface area (Å²) in [6.45, 7) is 16.6. The molecule has 1 aromatic rings. The van der Waals surface area contributed by atoms with Crippen LogP contribution in [-0.2, 0) is 49.3 Å². The highest BCUT2D eigenvalue weighted by atomic mass is 16.7. The summed E-state index contributed by atoms with van der Waals surface area (Å²) in [5.41, 5.74) is -1.07. The van der Waals surface area contributed by atoms with Gasteiger partial charge in [0, 0.05) is 45.7 Å². The van der Waals surface area contributed by atoms with E-state index in [1.807, 2.05) is 97.9 Å². The van der Waals surface area contributed by atoms with Gasteiger partial charge < -0.3 is 63.0 Å². The minimum atomic E-state index is -1.08. The van der Waals surface area contributed by atoms with Gasteiger partial charge in [-0.3, -0.25) is 4.79 Å². The number of esters is 1. The first-order valence-corrected chi connectivity index (χ1v) is 21.2. The van der Waals surface area contributed by atoms with Crippen LogP contribution in [0.2, 0.25) is 0 Å². The molecule has 0 aromatic heterocycles. The molecule has 0 aliphatic carbocycles. The Hall–Kier alpha value is -1.79. The highest BCUT2D eigenvalue weighted by Gasteiger charge is 2.52.